The molecule has 0 saturated carbocycles. The molecule has 0 aromatic heterocycles. The second-order valence-corrected chi connectivity index (χ2v) is 3.00. The zero-order valence-electron chi connectivity index (χ0n) is 6.18. The Morgan fingerprint density at radius 3 is 2.33 bits per heavy atom. The highest BCUT2D eigenvalue weighted by Crippen LogP contribution is 2.16. The normalized spacial score (nSPS) is 11.0. The van der Waals surface area contributed by atoms with Gasteiger partial charge in [0.15, 0.2) is 0 Å². The molecular formula is C7H13O2. The van der Waals surface area contributed by atoms with E-state index in [0.29, 0.717) is 13.1 Å². The topological polar surface area (TPSA) is 26.3 Å². The minimum atomic E-state index is 0.142. The zero-order valence-corrected chi connectivity index (χ0v) is 6.18. The standard InChI is InChI=1S/C7H13O2/c1-7(2,3)4-5-9-6-8/h4,6H,5H2,1-3H3. The molecule has 0 aliphatic carbocycles. The lowest BCUT2D eigenvalue weighted by atomic mass is 9.93. The lowest BCUT2D eigenvalue weighted by molar-refractivity contribution is -0.128. The molecule has 0 spiro atoms. The molecule has 0 aliphatic heterocycles. The van der Waals surface area contributed by atoms with E-state index in [2.05, 4.69) is 25.5 Å². The lowest BCUT2D eigenvalue weighted by Crippen LogP contribution is -2.09. The van der Waals surface area contributed by atoms with E-state index in [0.717, 1.165) is 0 Å². The van der Waals surface area contributed by atoms with E-state index in [1.807, 2.05) is 6.42 Å². The predicted molar refractivity (Wildman–Crippen MR) is 35.8 cm³/mol. The van der Waals surface area contributed by atoms with Crippen LogP contribution in [0.25, 0.3) is 0 Å². The minimum Gasteiger partial charge on any atom is -0.468 e. The quantitative estimate of drug-likeness (QED) is 0.425. The van der Waals surface area contributed by atoms with E-state index in [-0.39, 0.29) is 5.41 Å². The van der Waals surface area contributed by atoms with Gasteiger partial charge in [-0.25, -0.2) is 0 Å². The largest absolute Gasteiger partial charge is 0.468 e. The minimum absolute atomic E-state index is 0.142. The average Bonchev–Trinajstić information content (AvgIpc) is 1.63. The van der Waals surface area contributed by atoms with Gasteiger partial charge < -0.3 is 4.74 Å². The van der Waals surface area contributed by atoms with Crippen LogP contribution in [-0.2, 0) is 9.53 Å². The van der Waals surface area contributed by atoms with E-state index < -0.39 is 0 Å². The molecular weight excluding hydrogens is 116 g/mol. The summed E-state index contributed by atoms with van der Waals surface area (Å²) in [6.45, 7) is 7.04. The van der Waals surface area contributed by atoms with Gasteiger partial charge in [0, 0.05) is 6.42 Å². The first-order chi connectivity index (χ1) is 4.06. The molecule has 0 aromatic rings. The summed E-state index contributed by atoms with van der Waals surface area (Å²) in [5.41, 5.74) is 0.142. The lowest BCUT2D eigenvalue weighted by Gasteiger charge is -2.15. The van der Waals surface area contributed by atoms with E-state index in [1.165, 1.54) is 0 Å². The van der Waals surface area contributed by atoms with Crippen LogP contribution in [0.1, 0.15) is 20.8 Å². The maximum absolute atomic E-state index is 9.65. The summed E-state index contributed by atoms with van der Waals surface area (Å²) in [5.74, 6) is 0. The summed E-state index contributed by atoms with van der Waals surface area (Å²) in [7, 11) is 0. The first-order valence-electron chi connectivity index (χ1n) is 2.96. The number of ether oxygens (including phenoxy) is 1. The average molecular weight is 129 g/mol. The summed E-state index contributed by atoms with van der Waals surface area (Å²) >= 11 is 0. The summed E-state index contributed by atoms with van der Waals surface area (Å²) in [6.07, 6.45) is 1.95. The highest BCUT2D eigenvalue weighted by molar-refractivity contribution is 5.37. The van der Waals surface area contributed by atoms with Crippen LogP contribution in [0.2, 0.25) is 0 Å². The summed E-state index contributed by atoms with van der Waals surface area (Å²) in [5, 5.41) is 0. The third-order valence-corrected chi connectivity index (χ3v) is 0.860. The Morgan fingerprint density at radius 1 is 1.44 bits per heavy atom. The Hall–Kier alpha value is -0.530. The maximum atomic E-state index is 9.65. The van der Waals surface area contributed by atoms with Crippen LogP contribution < -0.4 is 0 Å². The van der Waals surface area contributed by atoms with Crippen LogP contribution in [0, 0.1) is 11.8 Å². The first-order valence-corrected chi connectivity index (χ1v) is 2.96. The molecule has 0 aromatic carbocycles. The van der Waals surface area contributed by atoms with Crippen LogP contribution in [0.5, 0.6) is 0 Å². The molecule has 0 aliphatic rings. The van der Waals surface area contributed by atoms with Crippen molar-refractivity contribution < 1.29 is 9.53 Å². The van der Waals surface area contributed by atoms with Gasteiger partial charge in [-0.2, -0.15) is 0 Å². The van der Waals surface area contributed by atoms with Gasteiger partial charge in [0.2, 0.25) is 0 Å². The second kappa shape index (κ2) is 3.49. The zero-order chi connectivity index (χ0) is 7.33. The molecule has 2 nitrogen and oxygen atoms in total. The molecule has 0 unspecified atom stereocenters. The third-order valence-electron chi connectivity index (χ3n) is 0.860. The number of carbonyl (C=O) groups is 1. The Balaban J connectivity index is 3.17. The van der Waals surface area contributed by atoms with Crippen LogP contribution in [0.3, 0.4) is 0 Å². The van der Waals surface area contributed by atoms with Gasteiger partial charge in [0.25, 0.3) is 6.47 Å². The molecule has 0 heterocycles. The molecule has 2 heteroatoms. The number of hydrogen-bond donors (Lipinski definition) is 0. The maximum Gasteiger partial charge on any atom is 0.293 e. The molecule has 0 atom stereocenters. The van der Waals surface area contributed by atoms with Gasteiger partial charge in [0.1, 0.15) is 0 Å². The van der Waals surface area contributed by atoms with Crippen LogP contribution in [0.4, 0.5) is 0 Å². The molecule has 0 rings (SSSR count). The van der Waals surface area contributed by atoms with Gasteiger partial charge in [-0.1, -0.05) is 20.8 Å². The van der Waals surface area contributed by atoms with Crippen molar-refractivity contribution in [3.63, 3.8) is 0 Å². The van der Waals surface area contributed by atoms with Crippen LogP contribution in [-0.4, -0.2) is 13.1 Å². The number of hydrogen-bond acceptors (Lipinski definition) is 2. The highest BCUT2D eigenvalue weighted by atomic mass is 16.5. The molecule has 53 valence electrons. The fourth-order valence-corrected chi connectivity index (χ4v) is 0.337. The van der Waals surface area contributed by atoms with Crippen molar-refractivity contribution in [2.45, 2.75) is 20.8 Å². The SMILES string of the molecule is CC(C)(C)[CH]COC=O. The van der Waals surface area contributed by atoms with E-state index in [1.54, 1.807) is 0 Å². The monoisotopic (exact) mass is 129 g/mol. The molecule has 0 N–H and O–H groups in total. The Bertz CT molecular complexity index is 81.4. The van der Waals surface area contributed by atoms with E-state index >= 15 is 0 Å². The summed E-state index contributed by atoms with van der Waals surface area (Å²) < 4.78 is 4.47. The first kappa shape index (κ1) is 8.47. The fourth-order valence-electron chi connectivity index (χ4n) is 0.337. The number of carbonyl (C=O) groups excluding carboxylic acids is 1. The fraction of sp³-hybridized carbons (Fsp3) is 0.714. The molecule has 9 heavy (non-hydrogen) atoms. The Labute approximate surface area is 56.2 Å². The predicted octanol–water partition coefficient (Wildman–Crippen LogP) is 1.41. The third kappa shape index (κ3) is 7.47. The van der Waals surface area contributed by atoms with Crippen molar-refractivity contribution in [3.05, 3.63) is 6.42 Å². The molecule has 0 saturated heterocycles. The number of rotatable bonds is 3. The molecule has 0 amide bonds. The van der Waals surface area contributed by atoms with Crippen molar-refractivity contribution in [2.75, 3.05) is 6.61 Å². The van der Waals surface area contributed by atoms with Crippen molar-refractivity contribution in [3.8, 4) is 0 Å². The Kier molecular flexibility index (Phi) is 3.28. The van der Waals surface area contributed by atoms with Gasteiger partial charge in [0.05, 0.1) is 6.61 Å². The van der Waals surface area contributed by atoms with Crippen molar-refractivity contribution >= 4 is 6.47 Å². The highest BCUT2D eigenvalue weighted by Gasteiger charge is 2.09. The second-order valence-electron chi connectivity index (χ2n) is 3.00. The van der Waals surface area contributed by atoms with Crippen molar-refractivity contribution in [1.29, 1.82) is 0 Å². The molecule has 1 radical (unpaired) electrons. The smallest absolute Gasteiger partial charge is 0.293 e. The van der Waals surface area contributed by atoms with Crippen molar-refractivity contribution in [2.24, 2.45) is 5.41 Å². The summed E-state index contributed by atoms with van der Waals surface area (Å²) in [6, 6.07) is 0. The van der Waals surface area contributed by atoms with Gasteiger partial charge in [-0.05, 0) is 5.41 Å². The van der Waals surface area contributed by atoms with Crippen LogP contribution >= 0.6 is 0 Å². The molecule has 0 fully saturated rings. The van der Waals surface area contributed by atoms with E-state index in [4.69, 9.17) is 0 Å². The van der Waals surface area contributed by atoms with Gasteiger partial charge in [-0.3, -0.25) is 4.79 Å². The van der Waals surface area contributed by atoms with E-state index in [9.17, 15) is 4.79 Å². The molecule has 0 bridgehead atoms. The summed E-state index contributed by atoms with van der Waals surface area (Å²) in [4.78, 5) is 9.65. The van der Waals surface area contributed by atoms with Gasteiger partial charge in [-0.15, -0.1) is 0 Å². The van der Waals surface area contributed by atoms with Crippen molar-refractivity contribution in [1.82, 2.24) is 0 Å². The Morgan fingerprint density at radius 2 is 2.00 bits per heavy atom. The van der Waals surface area contributed by atoms with Crippen LogP contribution in [0.15, 0.2) is 0 Å². The van der Waals surface area contributed by atoms with Gasteiger partial charge >= 0.3 is 0 Å².